The smallest absolute Gasteiger partial charge is 0.271 e. The lowest BCUT2D eigenvalue weighted by molar-refractivity contribution is -0.384. The first kappa shape index (κ1) is 28.9. The zero-order chi connectivity index (χ0) is 31.3. The van der Waals surface area contributed by atoms with Crippen LogP contribution in [0.2, 0.25) is 0 Å². The molecule has 1 saturated carbocycles. The maximum absolute atomic E-state index is 14.2. The van der Waals surface area contributed by atoms with Gasteiger partial charge in [0.05, 0.1) is 27.9 Å². The number of carbonyl (C=O) groups is 4. The number of rotatable bonds is 4. The molecule has 3 fully saturated rings. The van der Waals surface area contributed by atoms with E-state index in [1.807, 2.05) is 12.1 Å². The van der Waals surface area contributed by atoms with E-state index in [0.29, 0.717) is 16.5 Å². The molecule has 2 saturated heterocycles. The van der Waals surface area contributed by atoms with E-state index in [2.05, 4.69) is 15.9 Å². The van der Waals surface area contributed by atoms with E-state index in [1.54, 1.807) is 24.3 Å². The number of alkyl halides is 3. The molecule has 4 amide bonds. The van der Waals surface area contributed by atoms with Gasteiger partial charge in [0.25, 0.3) is 17.5 Å². The van der Waals surface area contributed by atoms with Crippen LogP contribution in [0.4, 0.5) is 11.4 Å². The van der Waals surface area contributed by atoms with Crippen LogP contribution in [0.25, 0.3) is 10.8 Å². The lowest BCUT2D eigenvalue weighted by atomic mass is 9.56. The van der Waals surface area contributed by atoms with Crippen molar-refractivity contribution < 1.29 is 29.2 Å². The summed E-state index contributed by atoms with van der Waals surface area (Å²) in [5.74, 6) is -6.52. The number of nitro groups is 1. The van der Waals surface area contributed by atoms with Crippen molar-refractivity contribution in [1.29, 1.82) is 0 Å². The molecule has 2 aliphatic carbocycles. The first-order chi connectivity index (χ1) is 21.0. The van der Waals surface area contributed by atoms with Gasteiger partial charge in [-0.25, -0.2) is 4.90 Å². The number of non-ortho nitro benzene ring substituents is 1. The molecule has 0 aromatic heterocycles. The van der Waals surface area contributed by atoms with Crippen molar-refractivity contribution in [2.24, 2.45) is 17.8 Å². The zero-order valence-corrected chi connectivity index (χ0v) is 25.8. The number of phenols is 1. The second-order valence-corrected chi connectivity index (χ2v) is 13.2. The third kappa shape index (κ3) is 3.60. The third-order valence-electron chi connectivity index (χ3n) is 9.55. The molecule has 224 valence electrons. The Hall–Kier alpha value is -3.80. The van der Waals surface area contributed by atoms with Gasteiger partial charge in [0.2, 0.25) is 11.8 Å². The van der Waals surface area contributed by atoms with Crippen LogP contribution in [0.3, 0.4) is 0 Å². The molecule has 1 N–H and O–H groups in total. The van der Waals surface area contributed by atoms with Crippen LogP contribution < -0.4 is 4.90 Å². The molecule has 13 heteroatoms. The van der Waals surface area contributed by atoms with E-state index in [4.69, 9.17) is 23.2 Å². The Morgan fingerprint density at radius 1 is 0.977 bits per heavy atom. The molecule has 4 aliphatic rings. The minimum absolute atomic E-state index is 0.0640. The third-order valence-corrected chi connectivity index (χ3v) is 11.5. The molecule has 10 nitrogen and oxygen atoms in total. The lowest BCUT2D eigenvalue weighted by Crippen LogP contribution is -2.60. The standard InChI is InChI=1S/C31H22BrCl2N3O7/c32-14-35-28(41)30(33)13-21-19(25(31(30,34)29(35)42)24-18-7-2-1-4-15(18)8-11-22(24)38)9-10-20-23(21)27(40)36(26(20)39)16-5-3-6-17(12-16)37(43)44/h1-9,11-12,20-21,23,25,38H,10,13-14H2/t20-,21+,23-,25+,30+,31-/m0/s1. The Morgan fingerprint density at radius 3 is 2.45 bits per heavy atom. The molecule has 0 spiro atoms. The van der Waals surface area contributed by atoms with Gasteiger partial charge in [-0.2, -0.15) is 0 Å². The summed E-state index contributed by atoms with van der Waals surface area (Å²) in [5, 5.41) is 24.1. The normalized spacial score (nSPS) is 31.2. The van der Waals surface area contributed by atoms with Crippen LogP contribution in [0.1, 0.15) is 24.3 Å². The number of fused-ring (bicyclic) bond motifs is 5. The van der Waals surface area contributed by atoms with Gasteiger partial charge in [0.1, 0.15) is 5.75 Å². The van der Waals surface area contributed by atoms with Crippen LogP contribution in [0, 0.1) is 27.9 Å². The Morgan fingerprint density at radius 2 is 1.73 bits per heavy atom. The second-order valence-electron chi connectivity index (χ2n) is 11.5. The first-order valence-electron chi connectivity index (χ1n) is 13.8. The van der Waals surface area contributed by atoms with Gasteiger partial charge in [0, 0.05) is 23.6 Å². The predicted octanol–water partition coefficient (Wildman–Crippen LogP) is 5.37. The van der Waals surface area contributed by atoms with E-state index >= 15 is 0 Å². The molecule has 2 aliphatic heterocycles. The van der Waals surface area contributed by atoms with Crippen molar-refractivity contribution in [2.45, 2.75) is 28.5 Å². The first-order valence-corrected chi connectivity index (χ1v) is 15.7. The molecule has 3 aromatic rings. The van der Waals surface area contributed by atoms with E-state index in [1.165, 1.54) is 30.3 Å². The van der Waals surface area contributed by atoms with Crippen molar-refractivity contribution in [1.82, 2.24) is 4.90 Å². The minimum atomic E-state index is -2.07. The number of carbonyl (C=O) groups excluding carboxylic acids is 4. The summed E-state index contributed by atoms with van der Waals surface area (Å²) < 4.78 is 0. The van der Waals surface area contributed by atoms with Gasteiger partial charge in [-0.15, -0.1) is 23.2 Å². The topological polar surface area (TPSA) is 138 Å². The molecule has 0 unspecified atom stereocenters. The predicted molar refractivity (Wildman–Crippen MR) is 165 cm³/mol. The van der Waals surface area contributed by atoms with Gasteiger partial charge >= 0.3 is 0 Å². The van der Waals surface area contributed by atoms with E-state index < -0.39 is 62.0 Å². The van der Waals surface area contributed by atoms with Crippen molar-refractivity contribution in [2.75, 3.05) is 10.4 Å². The number of imide groups is 2. The van der Waals surface area contributed by atoms with Crippen LogP contribution in [0.15, 0.2) is 72.3 Å². The number of amides is 4. The molecule has 3 aromatic carbocycles. The van der Waals surface area contributed by atoms with Crippen molar-refractivity contribution in [3.63, 3.8) is 0 Å². The summed E-state index contributed by atoms with van der Waals surface area (Å²) in [6.45, 7) is 0. The van der Waals surface area contributed by atoms with Crippen LogP contribution >= 0.6 is 39.1 Å². The van der Waals surface area contributed by atoms with E-state index in [-0.39, 0.29) is 35.4 Å². The summed E-state index contributed by atoms with van der Waals surface area (Å²) in [5.41, 5.74) is 0.438. The summed E-state index contributed by atoms with van der Waals surface area (Å²) in [7, 11) is 0. The number of nitro benzene ring substituents is 1. The zero-order valence-electron chi connectivity index (χ0n) is 22.7. The molecular weight excluding hydrogens is 677 g/mol. The average Bonchev–Trinajstić information content (AvgIpc) is 3.35. The number of nitrogens with zero attached hydrogens (tertiary/aromatic N) is 3. The fraction of sp³-hybridized carbons (Fsp3) is 0.290. The Kier molecular flexibility index (Phi) is 6.48. The minimum Gasteiger partial charge on any atom is -0.508 e. The van der Waals surface area contributed by atoms with Crippen LogP contribution in [-0.2, 0) is 19.2 Å². The number of allylic oxidation sites excluding steroid dienone is 2. The van der Waals surface area contributed by atoms with Crippen molar-refractivity contribution in [3.8, 4) is 5.75 Å². The van der Waals surface area contributed by atoms with Gasteiger partial charge in [0.15, 0.2) is 9.75 Å². The number of halogens is 3. The van der Waals surface area contributed by atoms with Gasteiger partial charge < -0.3 is 5.11 Å². The summed E-state index contributed by atoms with van der Waals surface area (Å²) in [6, 6.07) is 15.7. The largest absolute Gasteiger partial charge is 0.508 e. The highest BCUT2D eigenvalue weighted by Crippen LogP contribution is 2.66. The maximum atomic E-state index is 14.2. The van der Waals surface area contributed by atoms with Gasteiger partial charge in [-0.1, -0.05) is 64.0 Å². The molecule has 44 heavy (non-hydrogen) atoms. The highest BCUT2D eigenvalue weighted by molar-refractivity contribution is 9.09. The van der Waals surface area contributed by atoms with Crippen LogP contribution in [0.5, 0.6) is 5.75 Å². The number of aromatic hydroxyl groups is 1. The van der Waals surface area contributed by atoms with Gasteiger partial charge in [-0.05, 0) is 41.7 Å². The SMILES string of the molecule is O=C1[C@H]2[C@H](CC=C3[C@H]2C[C@@]2(Cl)C(=O)N(CBr)C(=O)[C@@]2(Cl)[C@H]3c2c(O)ccc3ccccc23)C(=O)N1c1cccc([N+](=O)[O-])c1. The second kappa shape index (κ2) is 9.85. The maximum Gasteiger partial charge on any atom is 0.271 e. The van der Waals surface area contributed by atoms with E-state index in [0.717, 1.165) is 15.2 Å². The summed E-state index contributed by atoms with van der Waals surface area (Å²) in [6.07, 6.45) is 1.67. The van der Waals surface area contributed by atoms with Crippen molar-refractivity contribution >= 4 is 84.9 Å². The fourth-order valence-electron chi connectivity index (χ4n) is 7.66. The number of hydrogen-bond donors (Lipinski definition) is 1. The van der Waals surface area contributed by atoms with Gasteiger partial charge in [-0.3, -0.25) is 34.2 Å². The number of likely N-dealkylation sites (tertiary alicyclic amines) is 1. The molecule has 7 rings (SSSR count). The molecular formula is C31H22BrCl2N3O7. The molecule has 6 atom stereocenters. The Labute approximate surface area is 268 Å². The Bertz CT molecular complexity index is 1880. The number of hydrogen-bond acceptors (Lipinski definition) is 7. The number of phenolic OH excluding ortho intramolecular Hbond substituents is 1. The molecule has 2 heterocycles. The highest BCUT2D eigenvalue weighted by atomic mass is 79.9. The average molecular weight is 699 g/mol. The quantitative estimate of drug-likeness (QED) is 0.0966. The Balaban J connectivity index is 1.43. The highest BCUT2D eigenvalue weighted by Gasteiger charge is 2.76. The van der Waals surface area contributed by atoms with Crippen molar-refractivity contribution in [3.05, 3.63) is 88.0 Å². The van der Waals surface area contributed by atoms with E-state index in [9.17, 15) is 34.4 Å². The summed E-state index contributed by atoms with van der Waals surface area (Å²) >= 11 is 17.8. The monoisotopic (exact) mass is 697 g/mol. The van der Waals surface area contributed by atoms with Crippen LogP contribution in [-0.4, -0.2) is 53.8 Å². The summed E-state index contributed by atoms with van der Waals surface area (Å²) in [4.78, 5) is 64.5. The lowest BCUT2D eigenvalue weighted by Gasteiger charge is -2.51. The molecule has 0 radical (unpaired) electrons. The number of anilines is 1. The fourth-order valence-corrected chi connectivity index (χ4v) is 9.07. The number of benzene rings is 3. The molecule has 0 bridgehead atoms.